The lowest BCUT2D eigenvalue weighted by Gasteiger charge is -2.30. The van der Waals surface area contributed by atoms with Gasteiger partial charge in [-0.2, -0.15) is 0 Å². The summed E-state index contributed by atoms with van der Waals surface area (Å²) in [6, 6.07) is 0. The Labute approximate surface area is 64.4 Å². The lowest BCUT2D eigenvalue weighted by molar-refractivity contribution is -0.142. The molecular weight excluding hydrogens is 148 g/mol. The molecule has 1 spiro atoms. The van der Waals surface area contributed by atoms with Crippen molar-refractivity contribution in [3.05, 3.63) is 0 Å². The Kier molecular flexibility index (Phi) is 1.47. The third kappa shape index (κ3) is 1.06. The van der Waals surface area contributed by atoms with Gasteiger partial charge in [0.25, 0.3) is 0 Å². The van der Waals surface area contributed by atoms with Gasteiger partial charge in [0.05, 0.1) is 24.4 Å². The van der Waals surface area contributed by atoms with Gasteiger partial charge in [-0.15, -0.1) is 0 Å². The largest absolute Gasteiger partial charge is 0.390 e. The van der Waals surface area contributed by atoms with Crippen molar-refractivity contribution in [3.63, 3.8) is 0 Å². The highest BCUT2D eigenvalue weighted by atomic mass is 16.5. The van der Waals surface area contributed by atoms with Crippen molar-refractivity contribution in [1.82, 2.24) is 0 Å². The zero-order valence-corrected chi connectivity index (χ0v) is 6.10. The van der Waals surface area contributed by atoms with Crippen LogP contribution < -0.4 is 0 Å². The fourth-order valence-electron chi connectivity index (χ4n) is 1.55. The molecule has 4 atom stereocenters. The molecule has 1 saturated heterocycles. The van der Waals surface area contributed by atoms with E-state index in [0.29, 0.717) is 12.8 Å². The molecule has 3 N–H and O–H groups in total. The molecule has 1 aliphatic heterocycles. The van der Waals surface area contributed by atoms with Crippen LogP contribution in [-0.2, 0) is 4.74 Å². The van der Waals surface area contributed by atoms with Gasteiger partial charge in [-0.05, 0) is 0 Å². The van der Waals surface area contributed by atoms with Crippen LogP contribution in [0.15, 0.2) is 0 Å². The third-order valence-corrected chi connectivity index (χ3v) is 2.53. The fourth-order valence-corrected chi connectivity index (χ4v) is 1.55. The Morgan fingerprint density at radius 2 is 1.73 bits per heavy atom. The number of aliphatic hydroxyl groups is 3. The van der Waals surface area contributed by atoms with Crippen LogP contribution >= 0.6 is 0 Å². The summed E-state index contributed by atoms with van der Waals surface area (Å²) in [6.07, 6.45) is -1.01. The highest BCUT2D eigenvalue weighted by molar-refractivity contribution is 5.09. The second kappa shape index (κ2) is 2.17. The summed E-state index contributed by atoms with van der Waals surface area (Å²) in [5.74, 6) is 0. The van der Waals surface area contributed by atoms with Crippen molar-refractivity contribution in [2.45, 2.75) is 36.8 Å². The molecule has 0 aromatic rings. The molecule has 1 aliphatic carbocycles. The maximum Gasteiger partial charge on any atom is 0.103 e. The van der Waals surface area contributed by atoms with Crippen molar-refractivity contribution in [1.29, 1.82) is 0 Å². The van der Waals surface area contributed by atoms with Crippen LogP contribution in [0.3, 0.4) is 0 Å². The van der Waals surface area contributed by atoms with Crippen LogP contribution in [0, 0.1) is 0 Å². The van der Waals surface area contributed by atoms with Gasteiger partial charge in [0.15, 0.2) is 0 Å². The topological polar surface area (TPSA) is 69.9 Å². The zero-order chi connectivity index (χ0) is 8.06. The third-order valence-electron chi connectivity index (χ3n) is 2.53. The van der Waals surface area contributed by atoms with Crippen molar-refractivity contribution in [3.8, 4) is 0 Å². The Balaban J connectivity index is 1.99. The molecule has 11 heavy (non-hydrogen) atoms. The molecule has 4 nitrogen and oxygen atoms in total. The minimum absolute atomic E-state index is 0.137. The highest BCUT2D eigenvalue weighted by Gasteiger charge is 2.58. The average Bonchev–Trinajstić information content (AvgIpc) is 2.55. The van der Waals surface area contributed by atoms with E-state index in [1.807, 2.05) is 0 Å². The van der Waals surface area contributed by atoms with E-state index in [2.05, 4.69) is 0 Å². The van der Waals surface area contributed by atoms with Crippen LogP contribution in [0.2, 0.25) is 0 Å². The second-order valence-electron chi connectivity index (χ2n) is 3.43. The minimum atomic E-state index is -0.784. The molecule has 0 bridgehead atoms. The van der Waals surface area contributed by atoms with Crippen molar-refractivity contribution in [2.24, 2.45) is 0 Å². The fraction of sp³-hybridized carbons (Fsp3) is 1.00. The van der Waals surface area contributed by atoms with Gasteiger partial charge in [-0.1, -0.05) is 0 Å². The van der Waals surface area contributed by atoms with E-state index >= 15 is 0 Å². The Morgan fingerprint density at radius 1 is 1.09 bits per heavy atom. The van der Waals surface area contributed by atoms with Gasteiger partial charge >= 0.3 is 0 Å². The molecule has 2 unspecified atom stereocenters. The van der Waals surface area contributed by atoms with E-state index in [9.17, 15) is 5.11 Å². The van der Waals surface area contributed by atoms with E-state index in [0.717, 1.165) is 0 Å². The van der Waals surface area contributed by atoms with Gasteiger partial charge in [0.1, 0.15) is 6.10 Å². The first-order valence-electron chi connectivity index (χ1n) is 3.82. The lowest BCUT2D eigenvalue weighted by Crippen LogP contribution is -2.43. The minimum Gasteiger partial charge on any atom is -0.390 e. The van der Waals surface area contributed by atoms with Crippen LogP contribution in [0.1, 0.15) is 12.8 Å². The van der Waals surface area contributed by atoms with Gasteiger partial charge in [0.2, 0.25) is 0 Å². The highest BCUT2D eigenvalue weighted by Crippen LogP contribution is 2.46. The molecular formula is C7H12O4. The molecule has 0 radical (unpaired) electrons. The first-order chi connectivity index (χ1) is 5.14. The monoisotopic (exact) mass is 160 g/mol. The van der Waals surface area contributed by atoms with Gasteiger partial charge in [-0.3, -0.25) is 0 Å². The number of hydrogen-bond acceptors (Lipinski definition) is 4. The molecule has 2 fully saturated rings. The van der Waals surface area contributed by atoms with E-state index < -0.39 is 23.9 Å². The second-order valence-corrected chi connectivity index (χ2v) is 3.43. The first-order valence-corrected chi connectivity index (χ1v) is 3.82. The van der Waals surface area contributed by atoms with Gasteiger partial charge in [-0.25, -0.2) is 0 Å². The predicted octanol–water partition coefficient (Wildman–Crippen LogP) is -1.37. The van der Waals surface area contributed by atoms with E-state index in [-0.39, 0.29) is 6.61 Å². The maximum atomic E-state index is 9.23. The Morgan fingerprint density at radius 3 is 2.18 bits per heavy atom. The van der Waals surface area contributed by atoms with Crippen LogP contribution in [0.5, 0.6) is 0 Å². The smallest absolute Gasteiger partial charge is 0.103 e. The molecule has 64 valence electrons. The van der Waals surface area contributed by atoms with Gasteiger partial charge in [0, 0.05) is 12.8 Å². The van der Waals surface area contributed by atoms with E-state index in [1.54, 1.807) is 0 Å². The van der Waals surface area contributed by atoms with Crippen molar-refractivity contribution >= 4 is 0 Å². The number of hydrogen-bond donors (Lipinski definition) is 3. The molecule has 0 amide bonds. The van der Waals surface area contributed by atoms with Crippen molar-refractivity contribution in [2.75, 3.05) is 6.61 Å². The summed E-state index contributed by atoms with van der Waals surface area (Å²) >= 11 is 0. The summed E-state index contributed by atoms with van der Waals surface area (Å²) in [6.45, 7) is 0.137. The quantitative estimate of drug-likeness (QED) is 0.409. The van der Waals surface area contributed by atoms with E-state index in [4.69, 9.17) is 14.9 Å². The summed E-state index contributed by atoms with van der Waals surface area (Å²) in [5, 5.41) is 27.4. The Bertz CT molecular complexity index is 172. The normalized spacial score (nSPS) is 56.5. The SMILES string of the molecule is OC1CO[C@]2(CC2O)C[C@@H]1O. The van der Waals surface area contributed by atoms with Crippen molar-refractivity contribution < 1.29 is 20.1 Å². The average molecular weight is 160 g/mol. The number of rotatable bonds is 0. The molecule has 2 aliphatic rings. The number of aliphatic hydroxyl groups excluding tert-OH is 3. The zero-order valence-electron chi connectivity index (χ0n) is 6.10. The molecule has 1 heterocycles. The van der Waals surface area contributed by atoms with Gasteiger partial charge < -0.3 is 20.1 Å². The Hall–Kier alpha value is -0.160. The predicted molar refractivity (Wildman–Crippen MR) is 35.9 cm³/mol. The van der Waals surface area contributed by atoms with Crippen LogP contribution in [-0.4, -0.2) is 45.8 Å². The van der Waals surface area contributed by atoms with Crippen LogP contribution in [0.4, 0.5) is 0 Å². The summed E-state index contributed by atoms with van der Waals surface area (Å²) < 4.78 is 5.21. The summed E-state index contributed by atoms with van der Waals surface area (Å²) in [4.78, 5) is 0. The molecule has 2 rings (SSSR count). The first kappa shape index (κ1) is 7.49. The van der Waals surface area contributed by atoms with Crippen LogP contribution in [0.25, 0.3) is 0 Å². The summed E-state index contributed by atoms with van der Waals surface area (Å²) in [7, 11) is 0. The molecule has 4 heteroatoms. The van der Waals surface area contributed by atoms with E-state index in [1.165, 1.54) is 0 Å². The lowest BCUT2D eigenvalue weighted by atomic mass is 10.0. The standard InChI is InChI=1S/C7H12O4/c8-4-1-7(2-6(7)10)11-3-5(4)9/h4-6,8-10H,1-3H2/t4-,5?,6?,7-/m0/s1. The molecule has 1 saturated carbocycles. The molecule has 0 aromatic carbocycles. The molecule has 0 aromatic heterocycles. The summed E-state index contributed by atoms with van der Waals surface area (Å²) in [5.41, 5.74) is -0.515. The maximum absolute atomic E-state index is 9.23. The number of ether oxygens (including phenoxy) is 1.